The third-order valence-electron chi connectivity index (χ3n) is 6.34. The Bertz CT molecular complexity index is 1000. The van der Waals surface area contributed by atoms with Crippen LogP contribution >= 0.6 is 0 Å². The SMILES string of the molecule is CC(C)(CN)CN(Cc1ccccc1NC(=O)c1ccc(C#N)cc1)C(=O)C1CCCCC1. The molecule has 0 aromatic heterocycles. The number of hydrogen-bond acceptors (Lipinski definition) is 4. The topological polar surface area (TPSA) is 99.2 Å². The summed E-state index contributed by atoms with van der Waals surface area (Å²) in [5, 5.41) is 11.9. The maximum Gasteiger partial charge on any atom is 0.255 e. The molecule has 2 aromatic carbocycles. The number of hydrogen-bond donors (Lipinski definition) is 2. The van der Waals surface area contributed by atoms with Crippen LogP contribution < -0.4 is 11.1 Å². The summed E-state index contributed by atoms with van der Waals surface area (Å²) in [4.78, 5) is 28.2. The number of amides is 2. The minimum Gasteiger partial charge on any atom is -0.337 e. The highest BCUT2D eigenvalue weighted by atomic mass is 16.2. The smallest absolute Gasteiger partial charge is 0.255 e. The van der Waals surface area contributed by atoms with Crippen molar-refractivity contribution in [2.24, 2.45) is 17.1 Å². The molecule has 174 valence electrons. The molecule has 3 N–H and O–H groups in total. The van der Waals surface area contributed by atoms with Crippen LogP contribution in [0.4, 0.5) is 5.69 Å². The fourth-order valence-corrected chi connectivity index (χ4v) is 4.28. The van der Waals surface area contributed by atoms with Gasteiger partial charge in [-0.25, -0.2) is 0 Å². The summed E-state index contributed by atoms with van der Waals surface area (Å²) in [6.45, 7) is 5.62. The van der Waals surface area contributed by atoms with E-state index in [1.165, 1.54) is 6.42 Å². The maximum absolute atomic E-state index is 13.5. The molecule has 0 bridgehead atoms. The number of rotatable bonds is 8. The second kappa shape index (κ2) is 11.1. The molecule has 0 aliphatic heterocycles. The first-order valence-electron chi connectivity index (χ1n) is 11.7. The first-order chi connectivity index (χ1) is 15.8. The second-order valence-electron chi connectivity index (χ2n) is 9.70. The van der Waals surface area contributed by atoms with Gasteiger partial charge in [0, 0.05) is 30.3 Å². The fraction of sp³-hybridized carbons (Fsp3) is 0.444. The molecule has 0 heterocycles. The zero-order chi connectivity index (χ0) is 23.8. The van der Waals surface area contributed by atoms with E-state index in [1.54, 1.807) is 24.3 Å². The van der Waals surface area contributed by atoms with Gasteiger partial charge in [0.2, 0.25) is 5.91 Å². The zero-order valence-electron chi connectivity index (χ0n) is 19.6. The van der Waals surface area contributed by atoms with Crippen molar-refractivity contribution in [3.05, 3.63) is 65.2 Å². The quantitative estimate of drug-likeness (QED) is 0.614. The number of benzene rings is 2. The van der Waals surface area contributed by atoms with E-state index in [4.69, 9.17) is 11.0 Å². The number of para-hydroxylation sites is 1. The number of nitrogens with zero attached hydrogens (tertiary/aromatic N) is 2. The lowest BCUT2D eigenvalue weighted by atomic mass is 9.86. The van der Waals surface area contributed by atoms with E-state index < -0.39 is 0 Å². The average molecular weight is 447 g/mol. The summed E-state index contributed by atoms with van der Waals surface area (Å²) >= 11 is 0. The number of nitrogens with one attached hydrogen (secondary N) is 1. The Morgan fingerprint density at radius 2 is 1.76 bits per heavy atom. The van der Waals surface area contributed by atoms with Crippen LogP contribution in [-0.4, -0.2) is 29.8 Å². The largest absolute Gasteiger partial charge is 0.337 e. The lowest BCUT2D eigenvalue weighted by Gasteiger charge is -2.35. The Morgan fingerprint density at radius 3 is 2.39 bits per heavy atom. The van der Waals surface area contributed by atoms with Crippen LogP contribution in [0.5, 0.6) is 0 Å². The van der Waals surface area contributed by atoms with Crippen molar-refractivity contribution in [1.29, 1.82) is 5.26 Å². The Kier molecular flexibility index (Phi) is 8.24. The zero-order valence-corrected chi connectivity index (χ0v) is 19.6. The molecule has 6 nitrogen and oxygen atoms in total. The van der Waals surface area contributed by atoms with Crippen LogP contribution in [-0.2, 0) is 11.3 Å². The first-order valence-corrected chi connectivity index (χ1v) is 11.7. The molecule has 2 amide bonds. The minimum atomic E-state index is -0.251. The highest BCUT2D eigenvalue weighted by Gasteiger charge is 2.30. The molecule has 0 saturated heterocycles. The Morgan fingerprint density at radius 1 is 1.09 bits per heavy atom. The van der Waals surface area contributed by atoms with Crippen molar-refractivity contribution in [3.63, 3.8) is 0 Å². The van der Waals surface area contributed by atoms with Gasteiger partial charge in [-0.15, -0.1) is 0 Å². The third kappa shape index (κ3) is 6.66. The van der Waals surface area contributed by atoms with Crippen molar-refractivity contribution in [3.8, 4) is 6.07 Å². The van der Waals surface area contributed by atoms with E-state index in [-0.39, 0.29) is 23.1 Å². The van der Waals surface area contributed by atoms with Crippen molar-refractivity contribution < 1.29 is 9.59 Å². The van der Waals surface area contributed by atoms with Crippen LogP contribution in [0.15, 0.2) is 48.5 Å². The van der Waals surface area contributed by atoms with E-state index in [0.29, 0.717) is 36.4 Å². The van der Waals surface area contributed by atoms with Crippen LogP contribution in [0, 0.1) is 22.7 Å². The Labute approximate surface area is 196 Å². The van der Waals surface area contributed by atoms with Crippen molar-refractivity contribution in [1.82, 2.24) is 4.90 Å². The van der Waals surface area contributed by atoms with Crippen molar-refractivity contribution in [2.45, 2.75) is 52.5 Å². The molecule has 0 atom stereocenters. The number of carbonyl (C=O) groups excluding carboxylic acids is 2. The van der Waals surface area contributed by atoms with Crippen LogP contribution in [0.3, 0.4) is 0 Å². The van der Waals surface area contributed by atoms with Gasteiger partial charge in [0.15, 0.2) is 0 Å². The van der Waals surface area contributed by atoms with E-state index in [0.717, 1.165) is 31.2 Å². The fourth-order valence-electron chi connectivity index (χ4n) is 4.28. The van der Waals surface area contributed by atoms with Gasteiger partial charge in [0.1, 0.15) is 0 Å². The van der Waals surface area contributed by atoms with Crippen molar-refractivity contribution >= 4 is 17.5 Å². The van der Waals surface area contributed by atoms with Crippen molar-refractivity contribution in [2.75, 3.05) is 18.4 Å². The van der Waals surface area contributed by atoms with Gasteiger partial charge in [-0.3, -0.25) is 9.59 Å². The van der Waals surface area contributed by atoms with Gasteiger partial charge in [-0.2, -0.15) is 5.26 Å². The highest BCUT2D eigenvalue weighted by molar-refractivity contribution is 6.04. The monoisotopic (exact) mass is 446 g/mol. The molecular formula is C27H34N4O2. The molecule has 1 aliphatic rings. The van der Waals surface area contributed by atoms with E-state index in [1.807, 2.05) is 29.2 Å². The molecule has 2 aromatic rings. The average Bonchev–Trinajstić information content (AvgIpc) is 2.84. The summed E-state index contributed by atoms with van der Waals surface area (Å²) in [7, 11) is 0. The number of anilines is 1. The molecule has 0 spiro atoms. The molecule has 1 aliphatic carbocycles. The van der Waals surface area contributed by atoms with E-state index in [2.05, 4.69) is 25.2 Å². The van der Waals surface area contributed by atoms with Gasteiger partial charge < -0.3 is 16.0 Å². The molecule has 0 unspecified atom stereocenters. The standard InChI is InChI=1S/C27H34N4O2/c1-27(2,18-29)19-31(26(33)22-8-4-3-5-9-22)17-23-10-6-7-11-24(23)30-25(32)21-14-12-20(16-28)13-15-21/h6-7,10-15,22H,3-5,8-9,17-19,29H2,1-2H3,(H,30,32). The maximum atomic E-state index is 13.5. The number of nitrogens with two attached hydrogens (primary N) is 1. The molecule has 1 fully saturated rings. The summed E-state index contributed by atoms with van der Waals surface area (Å²) in [5.41, 5.74) is 8.34. The third-order valence-corrected chi connectivity index (χ3v) is 6.34. The predicted molar refractivity (Wildman–Crippen MR) is 130 cm³/mol. The first kappa shape index (κ1) is 24.5. The number of nitriles is 1. The van der Waals surface area contributed by atoms with E-state index >= 15 is 0 Å². The lowest BCUT2D eigenvalue weighted by Crippen LogP contribution is -2.44. The second-order valence-corrected chi connectivity index (χ2v) is 9.70. The molecule has 1 saturated carbocycles. The van der Waals surface area contributed by atoms with Crippen LogP contribution in [0.2, 0.25) is 0 Å². The summed E-state index contributed by atoms with van der Waals surface area (Å²) in [6, 6.07) is 16.2. The van der Waals surface area contributed by atoms with E-state index in [9.17, 15) is 9.59 Å². The lowest BCUT2D eigenvalue weighted by molar-refractivity contribution is -0.138. The molecule has 0 radical (unpaired) electrons. The predicted octanol–water partition coefficient (Wildman–Crippen LogP) is 4.70. The summed E-state index contributed by atoms with van der Waals surface area (Å²) in [6.07, 6.45) is 5.27. The number of carbonyl (C=O) groups is 2. The normalized spacial score (nSPS) is 14.4. The highest BCUT2D eigenvalue weighted by Crippen LogP contribution is 2.29. The Balaban J connectivity index is 1.81. The molecule has 3 rings (SSSR count). The molecule has 33 heavy (non-hydrogen) atoms. The van der Waals surface area contributed by atoms with Gasteiger partial charge in [0.05, 0.1) is 11.6 Å². The van der Waals surface area contributed by atoms with Gasteiger partial charge in [-0.05, 0) is 60.7 Å². The van der Waals surface area contributed by atoms with Gasteiger partial charge >= 0.3 is 0 Å². The molecule has 6 heteroatoms. The van der Waals surface area contributed by atoms with Crippen LogP contribution in [0.25, 0.3) is 0 Å². The van der Waals surface area contributed by atoms with Gasteiger partial charge in [0.25, 0.3) is 5.91 Å². The van der Waals surface area contributed by atoms with Gasteiger partial charge in [-0.1, -0.05) is 51.3 Å². The summed E-state index contributed by atoms with van der Waals surface area (Å²) < 4.78 is 0. The van der Waals surface area contributed by atoms with Crippen LogP contribution in [0.1, 0.15) is 67.4 Å². The summed E-state index contributed by atoms with van der Waals surface area (Å²) in [5.74, 6) is -0.00319. The Hall–Kier alpha value is -3.17. The molecular weight excluding hydrogens is 412 g/mol. The minimum absolute atomic E-state index is 0.0627.